The summed E-state index contributed by atoms with van der Waals surface area (Å²) in [5.74, 6) is 0. The van der Waals surface area contributed by atoms with Crippen LogP contribution in [0, 0.1) is 0 Å². The summed E-state index contributed by atoms with van der Waals surface area (Å²) in [6.45, 7) is 2.14. The van der Waals surface area contributed by atoms with E-state index in [1.807, 2.05) is 48.7 Å². The third kappa shape index (κ3) is 3.01. The average molecular weight is 279 g/mol. The molecule has 0 aliphatic rings. The molecule has 0 fully saturated rings. The third-order valence-corrected chi connectivity index (χ3v) is 3.47. The Balaban J connectivity index is 1.83. The highest BCUT2D eigenvalue weighted by Gasteiger charge is 2.07. The fourth-order valence-electron chi connectivity index (χ4n) is 2.33. The van der Waals surface area contributed by atoms with Gasteiger partial charge in [-0.2, -0.15) is 0 Å². The van der Waals surface area contributed by atoms with E-state index in [4.69, 9.17) is 0 Å². The van der Waals surface area contributed by atoms with Crippen molar-refractivity contribution in [1.82, 2.24) is 9.97 Å². The number of rotatable bonds is 4. The van der Waals surface area contributed by atoms with E-state index in [-0.39, 0.29) is 12.6 Å². The molecule has 3 rings (SSSR count). The Morgan fingerprint density at radius 3 is 2.86 bits per heavy atom. The highest BCUT2D eigenvalue weighted by Crippen LogP contribution is 2.21. The fraction of sp³-hybridized carbons (Fsp3) is 0.176. The van der Waals surface area contributed by atoms with Crippen LogP contribution in [0.15, 0.2) is 54.9 Å². The van der Waals surface area contributed by atoms with Crippen molar-refractivity contribution in [2.24, 2.45) is 0 Å². The molecule has 0 spiro atoms. The van der Waals surface area contributed by atoms with Crippen molar-refractivity contribution in [3.05, 3.63) is 66.0 Å². The molecule has 0 saturated carbocycles. The summed E-state index contributed by atoms with van der Waals surface area (Å²) >= 11 is 0. The Bertz CT molecular complexity index is 758. The van der Waals surface area contributed by atoms with E-state index < -0.39 is 0 Å². The van der Waals surface area contributed by atoms with Gasteiger partial charge in [-0.15, -0.1) is 0 Å². The van der Waals surface area contributed by atoms with Crippen LogP contribution in [-0.2, 0) is 6.61 Å². The Morgan fingerprint density at radius 1 is 1.10 bits per heavy atom. The standard InChI is InChI=1S/C17H17N3O/c1-12(14-5-2-4-13(8-14)11-21)20-15-9-17-16(19-10-15)6-3-7-18-17/h2-10,12,20-21H,11H2,1H3. The topological polar surface area (TPSA) is 58.0 Å². The van der Waals surface area contributed by atoms with Crippen molar-refractivity contribution in [3.8, 4) is 0 Å². The maximum absolute atomic E-state index is 9.21. The number of hydrogen-bond acceptors (Lipinski definition) is 4. The third-order valence-electron chi connectivity index (χ3n) is 3.47. The van der Waals surface area contributed by atoms with Gasteiger partial charge in [0.15, 0.2) is 0 Å². The number of aliphatic hydroxyl groups excluding tert-OH is 1. The molecule has 0 amide bonds. The second-order valence-corrected chi connectivity index (χ2v) is 5.03. The molecule has 4 heteroatoms. The molecule has 1 atom stereocenters. The second-order valence-electron chi connectivity index (χ2n) is 5.03. The zero-order valence-electron chi connectivity index (χ0n) is 11.8. The molecule has 0 radical (unpaired) electrons. The minimum absolute atomic E-state index is 0.0575. The van der Waals surface area contributed by atoms with Crippen molar-refractivity contribution in [3.63, 3.8) is 0 Å². The van der Waals surface area contributed by atoms with Crippen LogP contribution in [0.5, 0.6) is 0 Å². The van der Waals surface area contributed by atoms with Crippen molar-refractivity contribution in [2.45, 2.75) is 19.6 Å². The van der Waals surface area contributed by atoms with E-state index in [0.29, 0.717) is 0 Å². The van der Waals surface area contributed by atoms with Gasteiger partial charge in [0.2, 0.25) is 0 Å². The summed E-state index contributed by atoms with van der Waals surface area (Å²) in [7, 11) is 0. The summed E-state index contributed by atoms with van der Waals surface area (Å²) in [5, 5.41) is 12.6. The lowest BCUT2D eigenvalue weighted by molar-refractivity contribution is 0.281. The molecule has 0 saturated heterocycles. The van der Waals surface area contributed by atoms with Gasteiger partial charge in [-0.25, -0.2) is 0 Å². The lowest BCUT2D eigenvalue weighted by Gasteiger charge is -2.16. The number of nitrogens with one attached hydrogen (secondary N) is 1. The Labute approximate surface area is 123 Å². The lowest BCUT2D eigenvalue weighted by Crippen LogP contribution is -2.07. The maximum atomic E-state index is 9.21. The minimum atomic E-state index is 0.0575. The maximum Gasteiger partial charge on any atom is 0.0907 e. The normalized spacial score (nSPS) is 12.3. The first-order valence-corrected chi connectivity index (χ1v) is 6.93. The predicted octanol–water partition coefficient (Wildman–Crippen LogP) is 3.30. The number of hydrogen-bond donors (Lipinski definition) is 2. The van der Waals surface area contributed by atoms with Crippen molar-refractivity contribution in [2.75, 3.05) is 5.32 Å². The second kappa shape index (κ2) is 5.89. The summed E-state index contributed by atoms with van der Waals surface area (Å²) in [5.41, 5.74) is 4.74. The quantitative estimate of drug-likeness (QED) is 0.769. The average Bonchev–Trinajstić information content (AvgIpc) is 2.54. The zero-order chi connectivity index (χ0) is 14.7. The van der Waals surface area contributed by atoms with Crippen LogP contribution < -0.4 is 5.32 Å². The van der Waals surface area contributed by atoms with Gasteiger partial charge < -0.3 is 10.4 Å². The van der Waals surface area contributed by atoms with E-state index in [1.54, 1.807) is 6.20 Å². The lowest BCUT2D eigenvalue weighted by atomic mass is 10.1. The molecule has 106 valence electrons. The van der Waals surface area contributed by atoms with E-state index in [9.17, 15) is 5.11 Å². The van der Waals surface area contributed by atoms with Crippen LogP contribution in [0.3, 0.4) is 0 Å². The van der Waals surface area contributed by atoms with Crippen LogP contribution in [0.1, 0.15) is 24.1 Å². The Hall–Kier alpha value is -2.46. The van der Waals surface area contributed by atoms with Gasteiger partial charge >= 0.3 is 0 Å². The number of anilines is 1. The first-order chi connectivity index (χ1) is 10.3. The number of fused-ring (bicyclic) bond motifs is 1. The van der Waals surface area contributed by atoms with Crippen molar-refractivity contribution < 1.29 is 5.11 Å². The molecular weight excluding hydrogens is 262 g/mol. The molecule has 2 heterocycles. The smallest absolute Gasteiger partial charge is 0.0907 e. The van der Waals surface area contributed by atoms with Gasteiger partial charge in [0.1, 0.15) is 0 Å². The minimum Gasteiger partial charge on any atom is -0.392 e. The molecule has 1 unspecified atom stereocenters. The Kier molecular flexibility index (Phi) is 3.79. The Morgan fingerprint density at radius 2 is 2.00 bits per heavy atom. The highest BCUT2D eigenvalue weighted by atomic mass is 16.3. The first-order valence-electron chi connectivity index (χ1n) is 6.93. The molecule has 4 nitrogen and oxygen atoms in total. The zero-order valence-corrected chi connectivity index (χ0v) is 11.8. The molecule has 21 heavy (non-hydrogen) atoms. The number of benzene rings is 1. The van der Waals surface area contributed by atoms with Gasteiger partial charge in [0.25, 0.3) is 0 Å². The molecule has 1 aromatic carbocycles. The van der Waals surface area contributed by atoms with Gasteiger partial charge in [-0.05, 0) is 36.2 Å². The van der Waals surface area contributed by atoms with Crippen molar-refractivity contribution >= 4 is 16.7 Å². The fourth-order valence-corrected chi connectivity index (χ4v) is 2.33. The first kappa shape index (κ1) is 13.5. The SMILES string of the molecule is CC(Nc1cnc2cccnc2c1)c1cccc(CO)c1. The van der Waals surface area contributed by atoms with Crippen molar-refractivity contribution in [1.29, 1.82) is 0 Å². The van der Waals surface area contributed by atoms with E-state index >= 15 is 0 Å². The summed E-state index contributed by atoms with van der Waals surface area (Å²) < 4.78 is 0. The van der Waals surface area contributed by atoms with Gasteiger partial charge in [0, 0.05) is 12.2 Å². The summed E-state index contributed by atoms with van der Waals surface area (Å²) in [4.78, 5) is 8.71. The van der Waals surface area contributed by atoms with Crippen LogP contribution in [0.4, 0.5) is 5.69 Å². The number of aromatic nitrogens is 2. The van der Waals surface area contributed by atoms with E-state index in [1.165, 1.54) is 0 Å². The largest absolute Gasteiger partial charge is 0.392 e. The van der Waals surface area contributed by atoms with Crippen LogP contribution >= 0.6 is 0 Å². The predicted molar refractivity (Wildman–Crippen MR) is 83.9 cm³/mol. The summed E-state index contributed by atoms with van der Waals surface area (Å²) in [6.07, 6.45) is 3.58. The molecule has 0 aliphatic carbocycles. The molecule has 0 bridgehead atoms. The molecule has 3 aromatic rings. The van der Waals surface area contributed by atoms with Crippen LogP contribution in [0.25, 0.3) is 11.0 Å². The molecular formula is C17H17N3O. The molecule has 2 N–H and O–H groups in total. The number of aliphatic hydroxyl groups is 1. The number of pyridine rings is 2. The van der Waals surface area contributed by atoms with Gasteiger partial charge in [-0.1, -0.05) is 24.3 Å². The van der Waals surface area contributed by atoms with Gasteiger partial charge in [-0.3, -0.25) is 9.97 Å². The monoisotopic (exact) mass is 279 g/mol. The molecule has 0 aliphatic heterocycles. The van der Waals surface area contributed by atoms with E-state index in [0.717, 1.165) is 27.8 Å². The van der Waals surface area contributed by atoms with Gasteiger partial charge in [0.05, 0.1) is 29.5 Å². The number of nitrogens with zero attached hydrogens (tertiary/aromatic N) is 2. The van der Waals surface area contributed by atoms with E-state index in [2.05, 4.69) is 22.2 Å². The van der Waals surface area contributed by atoms with Crippen LogP contribution in [0.2, 0.25) is 0 Å². The summed E-state index contributed by atoms with van der Waals surface area (Å²) in [6, 6.07) is 13.9. The highest BCUT2D eigenvalue weighted by molar-refractivity contribution is 5.77. The van der Waals surface area contributed by atoms with Crippen LogP contribution in [-0.4, -0.2) is 15.1 Å². The molecule has 2 aromatic heterocycles.